The maximum Gasteiger partial charge on any atom is 0.159 e. The molecule has 0 atom stereocenters. The minimum atomic E-state index is 0.592. The highest BCUT2D eigenvalue weighted by atomic mass is 79.9. The van der Waals surface area contributed by atoms with E-state index in [1.54, 1.807) is 11.3 Å². The van der Waals surface area contributed by atoms with Gasteiger partial charge in [0.15, 0.2) is 3.92 Å². The average molecular weight is 207 g/mol. The van der Waals surface area contributed by atoms with Crippen LogP contribution in [-0.4, -0.2) is 4.98 Å². The van der Waals surface area contributed by atoms with Gasteiger partial charge in [0.1, 0.15) is 0 Å². The van der Waals surface area contributed by atoms with Gasteiger partial charge < -0.3 is 5.73 Å². The smallest absolute Gasteiger partial charge is 0.159 e. The Morgan fingerprint density at radius 1 is 1.78 bits per heavy atom. The maximum atomic E-state index is 5.41. The van der Waals surface area contributed by atoms with Crippen LogP contribution in [0.2, 0.25) is 0 Å². The first kappa shape index (κ1) is 7.18. The summed E-state index contributed by atoms with van der Waals surface area (Å²) in [5, 5.41) is 0. The largest absolute Gasteiger partial charge is 0.326 e. The van der Waals surface area contributed by atoms with Crippen LogP contribution in [0, 0.1) is 6.92 Å². The zero-order valence-corrected chi connectivity index (χ0v) is 7.42. The Morgan fingerprint density at radius 2 is 2.44 bits per heavy atom. The number of halogens is 1. The molecule has 0 spiro atoms. The molecule has 1 rings (SSSR count). The molecule has 0 saturated heterocycles. The lowest BCUT2D eigenvalue weighted by atomic mass is 10.4. The summed E-state index contributed by atoms with van der Waals surface area (Å²) in [5.41, 5.74) is 6.45. The third-order valence-corrected chi connectivity index (χ3v) is 2.68. The summed E-state index contributed by atoms with van der Waals surface area (Å²) in [7, 11) is 0. The van der Waals surface area contributed by atoms with Gasteiger partial charge in [-0.05, 0) is 22.9 Å². The number of nitrogens with zero attached hydrogens (tertiary/aromatic N) is 1. The molecule has 0 aliphatic heterocycles. The monoisotopic (exact) mass is 206 g/mol. The Labute approximate surface area is 66.2 Å². The minimum Gasteiger partial charge on any atom is -0.326 e. The van der Waals surface area contributed by atoms with Gasteiger partial charge in [0, 0.05) is 11.4 Å². The van der Waals surface area contributed by atoms with E-state index in [-0.39, 0.29) is 0 Å². The van der Waals surface area contributed by atoms with Crippen LogP contribution in [0.3, 0.4) is 0 Å². The molecule has 0 radical (unpaired) electrons. The molecular formula is C5H7BrN2S. The fraction of sp³-hybridized carbons (Fsp3) is 0.400. The molecule has 0 bridgehead atoms. The molecule has 50 valence electrons. The van der Waals surface area contributed by atoms with Gasteiger partial charge in [0.25, 0.3) is 0 Å². The van der Waals surface area contributed by atoms with Crippen molar-refractivity contribution in [3.8, 4) is 0 Å². The average Bonchev–Trinajstić information content (AvgIpc) is 2.10. The fourth-order valence-electron chi connectivity index (χ4n) is 0.582. The second-order valence-electron chi connectivity index (χ2n) is 1.68. The summed E-state index contributed by atoms with van der Waals surface area (Å²) in [6, 6.07) is 0. The van der Waals surface area contributed by atoms with Crippen molar-refractivity contribution in [1.82, 2.24) is 4.98 Å². The fourth-order valence-corrected chi connectivity index (χ4v) is 2.10. The van der Waals surface area contributed by atoms with Gasteiger partial charge in [-0.25, -0.2) is 4.98 Å². The molecule has 0 aliphatic carbocycles. The molecule has 1 aromatic rings. The van der Waals surface area contributed by atoms with Crippen molar-refractivity contribution >= 4 is 27.3 Å². The molecule has 1 aromatic heterocycles. The minimum absolute atomic E-state index is 0.592. The molecule has 4 heteroatoms. The second-order valence-corrected chi connectivity index (χ2v) is 4.04. The number of thiazole rings is 1. The number of aromatic nitrogens is 1. The predicted molar refractivity (Wildman–Crippen MR) is 42.4 cm³/mol. The van der Waals surface area contributed by atoms with Crippen molar-refractivity contribution in [2.24, 2.45) is 5.73 Å². The van der Waals surface area contributed by atoms with Gasteiger partial charge in [-0.3, -0.25) is 0 Å². The lowest BCUT2D eigenvalue weighted by molar-refractivity contribution is 1.06. The summed E-state index contributed by atoms with van der Waals surface area (Å²) in [6.07, 6.45) is 0. The first-order chi connectivity index (χ1) is 4.24. The van der Waals surface area contributed by atoms with Crippen LogP contribution < -0.4 is 5.73 Å². The molecule has 2 N–H and O–H groups in total. The molecule has 0 amide bonds. The van der Waals surface area contributed by atoms with Crippen molar-refractivity contribution in [3.05, 3.63) is 14.5 Å². The molecule has 1 heterocycles. The number of hydrogen-bond donors (Lipinski definition) is 1. The maximum absolute atomic E-state index is 5.41. The first-order valence-electron chi connectivity index (χ1n) is 2.56. The topological polar surface area (TPSA) is 38.9 Å². The number of nitrogens with two attached hydrogens (primary N) is 1. The highest BCUT2D eigenvalue weighted by Gasteiger charge is 2.01. The second kappa shape index (κ2) is 2.77. The van der Waals surface area contributed by atoms with E-state index in [0.717, 1.165) is 14.5 Å². The van der Waals surface area contributed by atoms with Gasteiger partial charge in [-0.2, -0.15) is 0 Å². The summed E-state index contributed by atoms with van der Waals surface area (Å²) in [4.78, 5) is 5.29. The van der Waals surface area contributed by atoms with Crippen LogP contribution in [0.15, 0.2) is 3.92 Å². The van der Waals surface area contributed by atoms with Gasteiger partial charge in [0.2, 0.25) is 0 Å². The van der Waals surface area contributed by atoms with Gasteiger partial charge in [-0.1, -0.05) is 0 Å². The Bertz CT molecular complexity index is 209. The van der Waals surface area contributed by atoms with E-state index in [1.807, 2.05) is 6.92 Å². The molecule has 0 aliphatic rings. The standard InChI is InChI=1S/C5H7BrN2S/c1-3-4(2-7)9-5(6)8-3/h2,7H2,1H3. The van der Waals surface area contributed by atoms with Gasteiger partial charge >= 0.3 is 0 Å². The Hall–Kier alpha value is 0.0700. The Morgan fingerprint density at radius 3 is 2.67 bits per heavy atom. The summed E-state index contributed by atoms with van der Waals surface area (Å²) in [6.45, 7) is 2.55. The van der Waals surface area contributed by atoms with Crippen LogP contribution in [0.25, 0.3) is 0 Å². The molecule has 0 unspecified atom stereocenters. The Kier molecular flexibility index (Phi) is 2.21. The van der Waals surface area contributed by atoms with Crippen LogP contribution in [0.1, 0.15) is 10.6 Å². The highest BCUT2D eigenvalue weighted by molar-refractivity contribution is 9.11. The predicted octanol–water partition coefficient (Wildman–Crippen LogP) is 1.67. The van der Waals surface area contributed by atoms with E-state index in [1.165, 1.54) is 0 Å². The zero-order chi connectivity index (χ0) is 6.85. The lowest BCUT2D eigenvalue weighted by Crippen LogP contribution is -1.94. The van der Waals surface area contributed by atoms with Crippen LogP contribution in [0.5, 0.6) is 0 Å². The summed E-state index contributed by atoms with van der Waals surface area (Å²) >= 11 is 4.87. The van der Waals surface area contributed by atoms with E-state index in [4.69, 9.17) is 5.73 Å². The lowest BCUT2D eigenvalue weighted by Gasteiger charge is -1.85. The van der Waals surface area contributed by atoms with Crippen molar-refractivity contribution in [1.29, 1.82) is 0 Å². The van der Waals surface area contributed by atoms with Gasteiger partial charge in [-0.15, -0.1) is 11.3 Å². The molecular weight excluding hydrogens is 200 g/mol. The molecule has 2 nitrogen and oxygen atoms in total. The third-order valence-electron chi connectivity index (χ3n) is 1.05. The molecule has 0 aromatic carbocycles. The van der Waals surface area contributed by atoms with Crippen LogP contribution >= 0.6 is 27.3 Å². The SMILES string of the molecule is Cc1nc(Br)sc1CN. The first-order valence-corrected chi connectivity index (χ1v) is 4.17. The molecule has 9 heavy (non-hydrogen) atoms. The van der Waals surface area contributed by atoms with Crippen molar-refractivity contribution in [3.63, 3.8) is 0 Å². The summed E-state index contributed by atoms with van der Waals surface area (Å²) < 4.78 is 0.917. The van der Waals surface area contributed by atoms with Crippen molar-refractivity contribution < 1.29 is 0 Å². The molecule has 0 saturated carbocycles. The van der Waals surface area contributed by atoms with E-state index >= 15 is 0 Å². The quantitative estimate of drug-likeness (QED) is 0.760. The van der Waals surface area contributed by atoms with E-state index in [0.29, 0.717) is 6.54 Å². The normalized spacial score (nSPS) is 10.1. The zero-order valence-electron chi connectivity index (χ0n) is 5.02. The molecule has 0 fully saturated rings. The van der Waals surface area contributed by atoms with Crippen molar-refractivity contribution in [2.75, 3.05) is 0 Å². The van der Waals surface area contributed by atoms with E-state index in [2.05, 4.69) is 20.9 Å². The van der Waals surface area contributed by atoms with Crippen molar-refractivity contribution in [2.45, 2.75) is 13.5 Å². The summed E-state index contributed by atoms with van der Waals surface area (Å²) in [5.74, 6) is 0. The highest BCUT2D eigenvalue weighted by Crippen LogP contribution is 2.21. The Balaban J connectivity index is 3.01. The number of aryl methyl sites for hydroxylation is 1. The third kappa shape index (κ3) is 1.50. The van der Waals surface area contributed by atoms with E-state index in [9.17, 15) is 0 Å². The van der Waals surface area contributed by atoms with E-state index < -0.39 is 0 Å². The number of hydrogen-bond acceptors (Lipinski definition) is 3. The van der Waals surface area contributed by atoms with Crippen LogP contribution in [-0.2, 0) is 6.54 Å². The van der Waals surface area contributed by atoms with Crippen LogP contribution in [0.4, 0.5) is 0 Å². The number of rotatable bonds is 1. The van der Waals surface area contributed by atoms with Gasteiger partial charge in [0.05, 0.1) is 5.69 Å².